The molecule has 0 saturated heterocycles. The van der Waals surface area contributed by atoms with E-state index in [1.54, 1.807) is 24.4 Å². The first-order valence-corrected chi connectivity index (χ1v) is 16.0. The summed E-state index contributed by atoms with van der Waals surface area (Å²) in [4.78, 5) is 9.29. The van der Waals surface area contributed by atoms with Crippen LogP contribution in [0.3, 0.4) is 0 Å². The Balaban J connectivity index is 0.000000284. The number of nitrogens with zero attached hydrogens (tertiary/aromatic N) is 3. The minimum absolute atomic E-state index is 0. The van der Waals surface area contributed by atoms with Crippen LogP contribution in [-0.2, 0) is 20.1 Å². The molecule has 0 unspecified atom stereocenters. The molecule has 0 atom stereocenters. The van der Waals surface area contributed by atoms with Gasteiger partial charge in [0.05, 0.1) is 22.5 Å². The second kappa shape index (κ2) is 14.7. The number of hydrogen-bond acceptors (Lipinski definition) is 3. The molecule has 3 aromatic heterocycles. The zero-order valence-electron chi connectivity index (χ0n) is 29.7. The number of rotatable bonds is 5. The normalized spacial score (nSPS) is 11.9. The predicted molar refractivity (Wildman–Crippen MR) is 199 cm³/mol. The van der Waals surface area contributed by atoms with Crippen molar-refractivity contribution in [2.24, 2.45) is 0 Å². The molecule has 0 aliphatic carbocycles. The van der Waals surface area contributed by atoms with E-state index in [0.717, 1.165) is 50.2 Å². The van der Waals surface area contributed by atoms with E-state index in [2.05, 4.69) is 70.4 Å². The van der Waals surface area contributed by atoms with Gasteiger partial charge in [-0.1, -0.05) is 138 Å². The monoisotopic (exact) mass is 825 g/mol. The maximum absolute atomic E-state index is 7.96. The second-order valence-corrected chi connectivity index (χ2v) is 11.5. The Morgan fingerprint density at radius 2 is 1.38 bits per heavy atom. The maximum atomic E-state index is 7.96. The minimum atomic E-state index is -2.25. The third kappa shape index (κ3) is 6.45. The molecule has 1 radical (unpaired) electrons. The number of benzene rings is 6. The van der Waals surface area contributed by atoms with Gasteiger partial charge in [-0.3, -0.25) is 4.98 Å². The number of hydrogen-bond donors (Lipinski definition) is 0. The Bertz CT molecular complexity index is 2510. The number of aryl methyl sites for hydroxylation is 1. The van der Waals surface area contributed by atoms with E-state index >= 15 is 0 Å². The van der Waals surface area contributed by atoms with Gasteiger partial charge in [-0.05, 0) is 41.9 Å². The Kier molecular flexibility index (Phi) is 8.56. The summed E-state index contributed by atoms with van der Waals surface area (Å²) >= 11 is 0. The Morgan fingerprint density at radius 1 is 0.680 bits per heavy atom. The Morgan fingerprint density at radius 3 is 2.06 bits per heavy atom. The van der Waals surface area contributed by atoms with Crippen molar-refractivity contribution in [1.29, 1.82) is 0 Å². The molecule has 0 bridgehead atoms. The van der Waals surface area contributed by atoms with Crippen LogP contribution in [0.25, 0.3) is 72.6 Å². The molecule has 3 heterocycles. The van der Waals surface area contributed by atoms with Crippen LogP contribution in [0.2, 0.25) is 0 Å². The number of aromatic nitrogens is 3. The summed E-state index contributed by atoms with van der Waals surface area (Å²) in [6, 6.07) is 56.7. The SMILES string of the molecule is [2H]C([2H])([2H])c1ccc2o[c-]c(-c3nc4ccccc4n3-c3c(-c4ccccc4)cccc3-c3ccccc3)c2c1.[Ir].[c-]1ccccc1-c1ccccn1. The standard InChI is InChI=1S/C34H23N2O.C11H8N.Ir/c1-23-19-20-32-28(21-23)29(22-37-32)34-35-30-17-8-9-18-31(30)36(34)33-26(24-11-4-2-5-12-24)15-10-16-27(33)25-13-6-3-7-14-25;1-2-6-10(7-3-1)11-8-4-5-9-12-11;/h2-21H,1H3;1-6,8-9H;/q2*-1;/i1D3;;. The average Bonchev–Trinajstić information content (AvgIpc) is 3.80. The van der Waals surface area contributed by atoms with Crippen LogP contribution in [0.4, 0.5) is 0 Å². The van der Waals surface area contributed by atoms with Gasteiger partial charge in [0.25, 0.3) is 0 Å². The van der Waals surface area contributed by atoms with Gasteiger partial charge >= 0.3 is 0 Å². The van der Waals surface area contributed by atoms with Crippen molar-refractivity contribution in [3.63, 3.8) is 0 Å². The first-order chi connectivity index (χ1) is 25.5. The van der Waals surface area contributed by atoms with Gasteiger partial charge < -0.3 is 14.0 Å². The van der Waals surface area contributed by atoms with Crippen molar-refractivity contribution in [3.8, 4) is 50.6 Å². The average molecular weight is 825 g/mol. The largest absolute Gasteiger partial charge is 0.557 e. The van der Waals surface area contributed by atoms with Crippen molar-refractivity contribution < 1.29 is 28.6 Å². The molecule has 0 aliphatic heterocycles. The van der Waals surface area contributed by atoms with Crippen LogP contribution in [0.15, 0.2) is 174 Å². The summed E-state index contributed by atoms with van der Waals surface area (Å²) in [6.07, 6.45) is 4.84. The van der Waals surface area contributed by atoms with E-state index < -0.39 is 6.85 Å². The van der Waals surface area contributed by atoms with Gasteiger partial charge in [0.1, 0.15) is 0 Å². The Hall–Kier alpha value is -5.87. The van der Waals surface area contributed by atoms with Gasteiger partial charge in [-0.25, -0.2) is 0 Å². The summed E-state index contributed by atoms with van der Waals surface area (Å²) in [5.74, 6) is 0.628. The molecule has 6 aromatic carbocycles. The Labute approximate surface area is 309 Å². The van der Waals surface area contributed by atoms with Gasteiger partial charge in [0.2, 0.25) is 0 Å². The summed E-state index contributed by atoms with van der Waals surface area (Å²) in [7, 11) is 0. The van der Waals surface area contributed by atoms with Crippen molar-refractivity contribution in [1.82, 2.24) is 14.5 Å². The van der Waals surface area contributed by atoms with Gasteiger partial charge in [0.15, 0.2) is 0 Å². The minimum Gasteiger partial charge on any atom is -0.557 e. The number of para-hydroxylation sites is 3. The third-order valence-electron chi connectivity index (χ3n) is 8.38. The molecule has 0 saturated carbocycles. The van der Waals surface area contributed by atoms with Crippen molar-refractivity contribution >= 4 is 22.0 Å². The predicted octanol–water partition coefficient (Wildman–Crippen LogP) is 11.4. The van der Waals surface area contributed by atoms with Gasteiger partial charge in [0, 0.05) is 53.4 Å². The third-order valence-corrected chi connectivity index (χ3v) is 8.38. The number of fused-ring (bicyclic) bond motifs is 2. The topological polar surface area (TPSA) is 43.9 Å². The molecule has 243 valence electrons. The van der Waals surface area contributed by atoms with E-state index in [9.17, 15) is 0 Å². The molecule has 0 N–H and O–H groups in total. The zero-order chi connectivity index (χ0) is 35.5. The fourth-order valence-electron chi connectivity index (χ4n) is 6.12. The van der Waals surface area contributed by atoms with Crippen LogP contribution < -0.4 is 0 Å². The van der Waals surface area contributed by atoms with Crippen molar-refractivity contribution in [3.05, 3.63) is 188 Å². The number of pyridine rings is 1. The molecule has 9 aromatic rings. The summed E-state index contributed by atoms with van der Waals surface area (Å²) in [6.45, 7) is -2.25. The number of imidazole rings is 1. The molecule has 0 amide bonds. The van der Waals surface area contributed by atoms with E-state index in [1.807, 2.05) is 97.1 Å². The van der Waals surface area contributed by atoms with E-state index in [1.165, 1.54) is 0 Å². The maximum Gasteiger partial charge on any atom is 0.0774 e. The summed E-state index contributed by atoms with van der Waals surface area (Å²) in [5, 5.41) is 0.656. The second-order valence-electron chi connectivity index (χ2n) is 11.5. The summed E-state index contributed by atoms with van der Waals surface area (Å²) < 4.78 is 31.9. The number of furan rings is 1. The fourth-order valence-corrected chi connectivity index (χ4v) is 6.12. The van der Waals surface area contributed by atoms with Gasteiger partial charge in [-0.2, -0.15) is 0 Å². The van der Waals surface area contributed by atoms with E-state index in [4.69, 9.17) is 13.5 Å². The van der Waals surface area contributed by atoms with E-state index in [-0.39, 0.29) is 25.7 Å². The molecule has 0 aliphatic rings. The van der Waals surface area contributed by atoms with Crippen LogP contribution in [0.5, 0.6) is 0 Å². The fraction of sp³-hybridized carbons (Fsp3) is 0.0222. The molecule has 0 fully saturated rings. The van der Waals surface area contributed by atoms with Crippen LogP contribution in [-0.4, -0.2) is 14.5 Å². The van der Waals surface area contributed by atoms with Crippen LogP contribution in [0.1, 0.15) is 9.68 Å². The summed E-state index contributed by atoms with van der Waals surface area (Å²) in [5.41, 5.74) is 10.4. The smallest absolute Gasteiger partial charge is 0.0774 e. The van der Waals surface area contributed by atoms with Crippen LogP contribution >= 0.6 is 0 Å². The zero-order valence-corrected chi connectivity index (χ0v) is 29.1. The van der Waals surface area contributed by atoms with E-state index in [0.29, 0.717) is 22.4 Å². The quantitative estimate of drug-likeness (QED) is 0.162. The molecule has 9 rings (SSSR count). The first-order valence-electron chi connectivity index (χ1n) is 17.5. The van der Waals surface area contributed by atoms with Gasteiger partial charge in [-0.15, -0.1) is 35.9 Å². The molecular formula is C45H31IrN3O-2. The molecule has 4 nitrogen and oxygen atoms in total. The molecule has 50 heavy (non-hydrogen) atoms. The molecular weight excluding hydrogens is 791 g/mol. The first kappa shape index (κ1) is 29.1. The molecule has 5 heteroatoms. The van der Waals surface area contributed by atoms with Crippen molar-refractivity contribution in [2.75, 3.05) is 0 Å². The van der Waals surface area contributed by atoms with Crippen LogP contribution in [0, 0.1) is 19.2 Å². The van der Waals surface area contributed by atoms with Crippen molar-refractivity contribution in [2.45, 2.75) is 6.85 Å². The molecule has 0 spiro atoms.